The van der Waals surface area contributed by atoms with Crippen molar-refractivity contribution in [2.75, 3.05) is 4.57 Å². The van der Waals surface area contributed by atoms with Crippen molar-refractivity contribution in [2.45, 2.75) is 149 Å². The summed E-state index contributed by atoms with van der Waals surface area (Å²) in [4.78, 5) is 0. The number of anilines is 1. The molecule has 39 heavy (non-hydrogen) atoms. The van der Waals surface area contributed by atoms with Crippen LogP contribution in [0, 0.1) is 0 Å². The lowest BCUT2D eigenvalue weighted by atomic mass is 10.1. The maximum atomic E-state index is 2.97. The molecular weight excluding hydrogens is 537 g/mol. The number of hydrogen-bond donors (Lipinski definition) is 0. The molecule has 0 saturated carbocycles. The van der Waals surface area contributed by atoms with E-state index >= 15 is 0 Å². The van der Waals surface area contributed by atoms with E-state index in [9.17, 15) is 0 Å². The second-order valence-electron chi connectivity index (χ2n) is 14.5. The van der Waals surface area contributed by atoms with E-state index in [0.717, 1.165) is 27.0 Å². The van der Waals surface area contributed by atoms with Crippen LogP contribution in [0.5, 0.6) is 0 Å². The average molecular weight is 605 g/mol. The summed E-state index contributed by atoms with van der Waals surface area (Å²) >= 11 is 0. The minimum atomic E-state index is -1.57. The first-order valence-corrected chi connectivity index (χ1v) is 26.0. The summed E-state index contributed by atoms with van der Waals surface area (Å²) in [5, 5.41) is 0. The van der Waals surface area contributed by atoms with Crippen molar-refractivity contribution >= 4 is 40.6 Å². The minimum Gasteiger partial charge on any atom is -0.430 e. The van der Waals surface area contributed by atoms with E-state index in [1.807, 2.05) is 0 Å². The Morgan fingerprint density at radius 2 is 1.21 bits per heavy atom. The van der Waals surface area contributed by atoms with Crippen molar-refractivity contribution < 1.29 is 0 Å². The molecule has 0 N–H and O–H groups in total. The van der Waals surface area contributed by atoms with Crippen LogP contribution in [0.4, 0.5) is 5.69 Å². The molecule has 1 aromatic carbocycles. The van der Waals surface area contributed by atoms with Crippen molar-refractivity contribution in [2.24, 2.45) is 0 Å². The number of rotatable bonds is 16. The van der Waals surface area contributed by atoms with Crippen LogP contribution in [0.2, 0.25) is 55.9 Å². The Balaban J connectivity index is 0.000000864. The van der Waals surface area contributed by atoms with Crippen LogP contribution >= 0.6 is 0 Å². The summed E-state index contributed by atoms with van der Waals surface area (Å²) in [7, 11) is -2.97. The predicted molar refractivity (Wildman–Crippen MR) is 195 cm³/mol. The molecule has 0 radical (unpaired) electrons. The van der Waals surface area contributed by atoms with Gasteiger partial charge < -0.3 is 8.80 Å². The summed E-state index contributed by atoms with van der Waals surface area (Å²) in [5.74, 6) is 0. The molecule has 0 aromatic heterocycles. The molecule has 0 atom stereocenters. The normalized spacial score (nSPS) is 13.1. The van der Waals surface area contributed by atoms with Gasteiger partial charge in [-0.15, -0.1) is 0 Å². The van der Waals surface area contributed by atoms with Crippen molar-refractivity contribution in [3.8, 4) is 0 Å². The largest absolute Gasteiger partial charge is 0.430 e. The second-order valence-corrected chi connectivity index (χ2v) is 31.5. The Morgan fingerprint density at radius 1 is 0.718 bits per heavy atom. The maximum absolute atomic E-state index is 2.97. The standard InChI is InChI=1S/C22H49NSi2.C11H19NSi2/c1-11-12-13-14-15-16-17-18-19-23(24(8,9)10)25(20(2)3,21(4)5)22(6)7;1-14(2,3)10-9-12(13)11-7-5-4-6-8-11/h18-22H,11-17H2,1-10H3;4-10H,1-3,13H3. The zero-order valence-corrected chi connectivity index (χ0v) is 33.8. The highest BCUT2D eigenvalue weighted by Gasteiger charge is 2.50. The van der Waals surface area contributed by atoms with E-state index in [1.54, 1.807) is 0 Å². The van der Waals surface area contributed by atoms with Crippen LogP contribution in [0.3, 0.4) is 0 Å². The third-order valence-corrected chi connectivity index (χ3v) is 21.1. The van der Waals surface area contributed by atoms with E-state index < -0.39 is 24.5 Å². The average Bonchev–Trinajstić information content (AvgIpc) is 2.82. The number of hydrogen-bond acceptors (Lipinski definition) is 2. The van der Waals surface area contributed by atoms with Gasteiger partial charge in [-0.05, 0) is 54.0 Å². The molecule has 0 aliphatic rings. The highest BCUT2D eigenvalue weighted by molar-refractivity contribution is 6.93. The summed E-state index contributed by atoms with van der Waals surface area (Å²) in [6.45, 7) is 31.9. The van der Waals surface area contributed by atoms with Gasteiger partial charge in [-0.2, -0.15) is 0 Å². The summed E-state index contributed by atoms with van der Waals surface area (Å²) in [6, 6.07) is 10.5. The SMILES string of the molecule is CCCCCCCCC=CN([Si](C)(C)C)[Si](C(C)C)(C(C)C)C(C)C.C[Si](C)(C)C=CN([SiH3])c1ccccc1. The Bertz CT molecular complexity index is 783. The van der Waals surface area contributed by atoms with Crippen LogP contribution in [0.1, 0.15) is 93.4 Å². The van der Waals surface area contributed by atoms with Crippen LogP contribution in [0.25, 0.3) is 0 Å². The van der Waals surface area contributed by atoms with Crippen molar-refractivity contribution in [3.05, 3.63) is 54.5 Å². The van der Waals surface area contributed by atoms with E-state index in [4.69, 9.17) is 0 Å². The maximum Gasteiger partial charge on any atom is 0.155 e. The lowest BCUT2D eigenvalue weighted by molar-refractivity contribution is 0.608. The molecule has 0 fully saturated rings. The van der Waals surface area contributed by atoms with Gasteiger partial charge in [0.15, 0.2) is 8.24 Å². The van der Waals surface area contributed by atoms with Gasteiger partial charge >= 0.3 is 0 Å². The predicted octanol–water partition coefficient (Wildman–Crippen LogP) is 10.7. The monoisotopic (exact) mass is 604 g/mol. The third-order valence-electron chi connectivity index (χ3n) is 7.85. The number of benzene rings is 1. The quantitative estimate of drug-likeness (QED) is 0.137. The molecule has 0 unspecified atom stereocenters. The van der Waals surface area contributed by atoms with Crippen LogP contribution in [-0.2, 0) is 0 Å². The highest BCUT2D eigenvalue weighted by atomic mass is 28.4. The fourth-order valence-corrected chi connectivity index (χ4v) is 21.0. The zero-order chi connectivity index (χ0) is 30.3. The van der Waals surface area contributed by atoms with Gasteiger partial charge in [0, 0.05) is 5.69 Å². The lowest BCUT2D eigenvalue weighted by Crippen LogP contribution is -2.65. The Hall–Kier alpha value is -0.832. The molecule has 1 rings (SSSR count). The van der Waals surface area contributed by atoms with Gasteiger partial charge in [0.1, 0.15) is 18.6 Å². The zero-order valence-electron chi connectivity index (χ0n) is 28.8. The topological polar surface area (TPSA) is 6.48 Å². The smallest absolute Gasteiger partial charge is 0.155 e. The molecule has 0 heterocycles. The van der Waals surface area contributed by atoms with E-state index in [2.05, 4.69) is 151 Å². The van der Waals surface area contributed by atoms with Crippen LogP contribution in [0.15, 0.2) is 54.5 Å². The van der Waals surface area contributed by atoms with Gasteiger partial charge in [0.05, 0.1) is 8.07 Å². The molecule has 226 valence electrons. The highest BCUT2D eigenvalue weighted by Crippen LogP contribution is 2.46. The van der Waals surface area contributed by atoms with Crippen LogP contribution < -0.4 is 4.57 Å². The van der Waals surface area contributed by atoms with E-state index in [1.165, 1.54) is 50.6 Å². The first kappa shape index (κ1) is 38.2. The minimum absolute atomic E-state index is 0.790. The first-order chi connectivity index (χ1) is 18.0. The van der Waals surface area contributed by atoms with Gasteiger partial charge in [-0.1, -0.05) is 150 Å². The number of unbranched alkanes of at least 4 members (excludes halogenated alkanes) is 6. The second kappa shape index (κ2) is 18.6. The van der Waals surface area contributed by atoms with Gasteiger partial charge in [-0.3, -0.25) is 0 Å². The van der Waals surface area contributed by atoms with Gasteiger partial charge in [0.2, 0.25) is 0 Å². The van der Waals surface area contributed by atoms with Gasteiger partial charge in [-0.25, -0.2) is 0 Å². The van der Waals surface area contributed by atoms with Crippen molar-refractivity contribution in [1.82, 2.24) is 4.23 Å². The molecule has 0 amide bonds. The molecule has 1 aromatic rings. The molecule has 0 spiro atoms. The third kappa shape index (κ3) is 14.1. The van der Waals surface area contributed by atoms with Gasteiger partial charge in [0.25, 0.3) is 0 Å². The van der Waals surface area contributed by atoms with E-state index in [-0.39, 0.29) is 0 Å². The lowest BCUT2D eigenvalue weighted by Gasteiger charge is -2.56. The van der Waals surface area contributed by atoms with Crippen molar-refractivity contribution in [1.29, 1.82) is 0 Å². The molecular formula is C33H68N2Si4. The Labute approximate surface area is 252 Å². The molecule has 2 nitrogen and oxygen atoms in total. The first-order valence-electron chi connectivity index (χ1n) is 15.9. The fraction of sp³-hybridized carbons (Fsp3) is 0.697. The Kier molecular flexibility index (Phi) is 18.2. The summed E-state index contributed by atoms with van der Waals surface area (Å²) < 4.78 is 5.27. The van der Waals surface area contributed by atoms with Crippen LogP contribution in [-0.4, -0.2) is 39.2 Å². The Morgan fingerprint density at radius 3 is 1.64 bits per heavy atom. The van der Waals surface area contributed by atoms with Crippen molar-refractivity contribution in [3.63, 3.8) is 0 Å². The molecule has 0 aliphatic heterocycles. The fourth-order valence-electron chi connectivity index (χ4n) is 6.08. The van der Waals surface area contributed by atoms with E-state index in [0.29, 0.717) is 0 Å². The summed E-state index contributed by atoms with van der Waals surface area (Å²) in [5.41, 5.74) is 6.05. The molecule has 0 aliphatic carbocycles. The number of allylic oxidation sites excluding steroid dienone is 1. The number of nitrogens with zero attached hydrogens (tertiary/aromatic N) is 2. The number of para-hydroxylation sites is 1. The molecule has 0 saturated heterocycles. The molecule has 6 heteroatoms. The summed E-state index contributed by atoms with van der Waals surface area (Å²) in [6.07, 6.45) is 16.9. The molecule has 0 bridgehead atoms.